The molecular weight excluding hydrogens is 270 g/mol. The zero-order valence-corrected chi connectivity index (χ0v) is 11.9. The third-order valence-corrected chi connectivity index (χ3v) is 4.80. The van der Waals surface area contributed by atoms with Crippen molar-refractivity contribution in [3.8, 4) is 5.75 Å². The number of hydrogen-bond acceptors (Lipinski definition) is 3. The van der Waals surface area contributed by atoms with Gasteiger partial charge in [0.15, 0.2) is 0 Å². The minimum Gasteiger partial charge on any atom is -0.508 e. The van der Waals surface area contributed by atoms with E-state index in [1.165, 1.54) is 10.5 Å². The first-order valence-corrected chi connectivity index (χ1v) is 7.34. The Kier molecular flexibility index (Phi) is 3.40. The molecule has 0 aliphatic carbocycles. The van der Waals surface area contributed by atoms with E-state index in [1.807, 2.05) is 12.1 Å². The highest BCUT2D eigenvalue weighted by molar-refractivity contribution is 8.01. The third kappa shape index (κ3) is 2.39. The van der Waals surface area contributed by atoms with Gasteiger partial charge in [-0.3, -0.25) is 4.79 Å². The summed E-state index contributed by atoms with van der Waals surface area (Å²) in [5.41, 5.74) is 2.04. The van der Waals surface area contributed by atoms with Crippen LogP contribution in [-0.4, -0.2) is 23.3 Å². The largest absolute Gasteiger partial charge is 0.508 e. The third-order valence-electron chi connectivity index (χ3n) is 3.49. The number of benzene rings is 2. The number of rotatable bonds is 2. The van der Waals surface area contributed by atoms with E-state index in [0.717, 1.165) is 12.1 Å². The van der Waals surface area contributed by atoms with Gasteiger partial charge in [-0.15, -0.1) is 11.8 Å². The lowest BCUT2D eigenvalue weighted by Crippen LogP contribution is -2.34. The molecule has 0 saturated heterocycles. The van der Waals surface area contributed by atoms with Gasteiger partial charge in [0.1, 0.15) is 5.75 Å². The van der Waals surface area contributed by atoms with E-state index in [0.29, 0.717) is 0 Å². The Morgan fingerprint density at radius 3 is 2.60 bits per heavy atom. The maximum absolute atomic E-state index is 12.5. The summed E-state index contributed by atoms with van der Waals surface area (Å²) in [6.07, 6.45) is 0.780. The topological polar surface area (TPSA) is 40.5 Å². The number of thioether (sulfide) groups is 1. The molecule has 0 aromatic heterocycles. The second-order valence-electron chi connectivity index (χ2n) is 4.83. The molecule has 0 saturated carbocycles. The maximum Gasteiger partial charge on any atom is 0.240 e. The number of carbonyl (C=O) groups is 1. The Labute approximate surface area is 122 Å². The van der Waals surface area contributed by atoms with Crippen molar-refractivity contribution in [1.29, 1.82) is 0 Å². The standard InChI is InChI=1S/C16H15NO2S/c1-17(12-6-8-13(18)9-7-12)16(19)15-10-11-4-2-3-5-14(11)20-15/h2-9,15,18H,10H2,1H3. The maximum atomic E-state index is 12.5. The summed E-state index contributed by atoms with van der Waals surface area (Å²) in [6, 6.07) is 14.8. The number of phenols is 1. The van der Waals surface area contributed by atoms with Gasteiger partial charge in [0.2, 0.25) is 5.91 Å². The molecular formula is C16H15NO2S. The molecule has 1 aliphatic rings. The van der Waals surface area contributed by atoms with Crippen LogP contribution in [0.4, 0.5) is 5.69 Å². The molecule has 3 nitrogen and oxygen atoms in total. The lowest BCUT2D eigenvalue weighted by Gasteiger charge is -2.20. The fourth-order valence-electron chi connectivity index (χ4n) is 2.34. The van der Waals surface area contributed by atoms with Crippen LogP contribution < -0.4 is 4.90 Å². The highest BCUT2D eigenvalue weighted by atomic mass is 32.2. The van der Waals surface area contributed by atoms with E-state index < -0.39 is 0 Å². The van der Waals surface area contributed by atoms with Crippen LogP contribution in [0.5, 0.6) is 5.75 Å². The minimum absolute atomic E-state index is 0.0637. The number of phenolic OH excluding ortho intramolecular Hbond substituents is 1. The van der Waals surface area contributed by atoms with Gasteiger partial charge in [-0.2, -0.15) is 0 Å². The SMILES string of the molecule is CN(C(=O)C1Cc2ccccc2S1)c1ccc(O)cc1. The zero-order chi connectivity index (χ0) is 14.1. The molecule has 102 valence electrons. The number of amides is 1. The molecule has 1 amide bonds. The Bertz CT molecular complexity index is 614. The highest BCUT2D eigenvalue weighted by Gasteiger charge is 2.30. The van der Waals surface area contributed by atoms with Gasteiger partial charge in [0.05, 0.1) is 5.25 Å². The van der Waals surface area contributed by atoms with Crippen LogP contribution in [0, 0.1) is 0 Å². The molecule has 0 fully saturated rings. The van der Waals surface area contributed by atoms with Crippen molar-refractivity contribution < 1.29 is 9.90 Å². The van der Waals surface area contributed by atoms with Crippen LogP contribution >= 0.6 is 11.8 Å². The quantitative estimate of drug-likeness (QED) is 0.922. The van der Waals surface area contributed by atoms with Crippen LogP contribution in [0.25, 0.3) is 0 Å². The summed E-state index contributed by atoms with van der Waals surface area (Å²) in [7, 11) is 1.78. The Balaban J connectivity index is 1.76. The van der Waals surface area contributed by atoms with E-state index in [4.69, 9.17) is 0 Å². The number of nitrogens with zero attached hydrogens (tertiary/aromatic N) is 1. The van der Waals surface area contributed by atoms with Crippen LogP contribution in [-0.2, 0) is 11.2 Å². The van der Waals surface area contributed by atoms with E-state index in [-0.39, 0.29) is 16.9 Å². The van der Waals surface area contributed by atoms with E-state index >= 15 is 0 Å². The van der Waals surface area contributed by atoms with Gasteiger partial charge in [-0.25, -0.2) is 0 Å². The molecule has 20 heavy (non-hydrogen) atoms. The normalized spacial score (nSPS) is 16.8. The molecule has 0 spiro atoms. The van der Waals surface area contributed by atoms with Gasteiger partial charge in [-0.1, -0.05) is 18.2 Å². The van der Waals surface area contributed by atoms with Gasteiger partial charge in [0.25, 0.3) is 0 Å². The predicted octanol–water partition coefficient (Wildman–Crippen LogP) is 3.07. The van der Waals surface area contributed by atoms with Crippen LogP contribution in [0.2, 0.25) is 0 Å². The molecule has 1 unspecified atom stereocenters. The van der Waals surface area contributed by atoms with Crippen molar-refractivity contribution >= 4 is 23.4 Å². The van der Waals surface area contributed by atoms with Gasteiger partial charge >= 0.3 is 0 Å². The smallest absolute Gasteiger partial charge is 0.240 e. The fraction of sp³-hybridized carbons (Fsp3) is 0.188. The number of fused-ring (bicyclic) bond motifs is 1. The Morgan fingerprint density at radius 2 is 1.90 bits per heavy atom. The molecule has 2 aromatic carbocycles. The minimum atomic E-state index is -0.0637. The molecule has 1 N–H and O–H groups in total. The zero-order valence-electron chi connectivity index (χ0n) is 11.1. The average molecular weight is 285 g/mol. The summed E-state index contributed by atoms with van der Waals surface area (Å²) in [5.74, 6) is 0.300. The van der Waals surface area contributed by atoms with Gasteiger partial charge in [0, 0.05) is 17.6 Å². The van der Waals surface area contributed by atoms with Crippen molar-refractivity contribution in [2.75, 3.05) is 11.9 Å². The van der Waals surface area contributed by atoms with E-state index in [2.05, 4.69) is 12.1 Å². The second-order valence-corrected chi connectivity index (χ2v) is 6.08. The number of hydrogen-bond donors (Lipinski definition) is 1. The van der Waals surface area contributed by atoms with Crippen LogP contribution in [0.1, 0.15) is 5.56 Å². The van der Waals surface area contributed by atoms with Crippen molar-refractivity contribution in [2.24, 2.45) is 0 Å². The van der Waals surface area contributed by atoms with Crippen molar-refractivity contribution in [3.05, 3.63) is 54.1 Å². The van der Waals surface area contributed by atoms with Gasteiger partial charge < -0.3 is 10.0 Å². The molecule has 1 atom stereocenters. The lowest BCUT2D eigenvalue weighted by molar-refractivity contribution is -0.117. The molecule has 1 aliphatic heterocycles. The van der Waals surface area contributed by atoms with E-state index in [9.17, 15) is 9.90 Å². The second kappa shape index (κ2) is 5.21. The first kappa shape index (κ1) is 13.1. The van der Waals surface area contributed by atoms with Crippen LogP contribution in [0.3, 0.4) is 0 Å². The summed E-state index contributed by atoms with van der Waals surface area (Å²) < 4.78 is 0. The predicted molar refractivity (Wildman–Crippen MR) is 81.3 cm³/mol. The number of carbonyl (C=O) groups excluding carboxylic acids is 1. The van der Waals surface area contributed by atoms with Gasteiger partial charge in [-0.05, 0) is 42.3 Å². The van der Waals surface area contributed by atoms with Crippen LogP contribution in [0.15, 0.2) is 53.4 Å². The average Bonchev–Trinajstić information content (AvgIpc) is 2.90. The number of aromatic hydroxyl groups is 1. The first-order chi connectivity index (χ1) is 9.65. The van der Waals surface area contributed by atoms with E-state index in [1.54, 1.807) is 48.0 Å². The van der Waals surface area contributed by atoms with Crippen molar-refractivity contribution in [1.82, 2.24) is 0 Å². The Hall–Kier alpha value is -1.94. The molecule has 3 rings (SSSR count). The summed E-state index contributed by atoms with van der Waals surface area (Å²) >= 11 is 1.63. The van der Waals surface area contributed by atoms with Crippen molar-refractivity contribution in [3.63, 3.8) is 0 Å². The summed E-state index contributed by atoms with van der Waals surface area (Å²) in [6.45, 7) is 0. The highest BCUT2D eigenvalue weighted by Crippen LogP contribution is 2.38. The molecule has 1 heterocycles. The summed E-state index contributed by atoms with van der Waals surface area (Å²) in [4.78, 5) is 15.4. The number of anilines is 1. The molecule has 4 heteroatoms. The lowest BCUT2D eigenvalue weighted by atomic mass is 10.1. The Morgan fingerprint density at radius 1 is 1.20 bits per heavy atom. The molecule has 0 radical (unpaired) electrons. The monoisotopic (exact) mass is 285 g/mol. The first-order valence-electron chi connectivity index (χ1n) is 6.46. The van der Waals surface area contributed by atoms with Crippen molar-refractivity contribution in [2.45, 2.75) is 16.6 Å². The molecule has 2 aromatic rings. The molecule has 0 bridgehead atoms. The fourth-order valence-corrected chi connectivity index (χ4v) is 3.63. The summed E-state index contributed by atoms with van der Waals surface area (Å²) in [5, 5.41) is 9.24.